The molecule has 3 rings (SSSR count). The number of amides is 2. The summed E-state index contributed by atoms with van der Waals surface area (Å²) in [6.45, 7) is 1.32. The Labute approximate surface area is 138 Å². The second kappa shape index (κ2) is 7.04. The molecule has 1 aromatic heterocycles. The van der Waals surface area contributed by atoms with E-state index in [9.17, 15) is 9.18 Å². The van der Waals surface area contributed by atoms with Crippen molar-refractivity contribution in [2.45, 2.75) is 23.7 Å². The maximum atomic E-state index is 13.8. The van der Waals surface area contributed by atoms with Crippen LogP contribution >= 0.6 is 11.8 Å². The molecule has 1 saturated heterocycles. The number of piperidine rings is 1. The van der Waals surface area contributed by atoms with Crippen molar-refractivity contribution in [3.8, 4) is 0 Å². The Morgan fingerprint density at radius 3 is 3.09 bits per heavy atom. The molecule has 0 radical (unpaired) electrons. The Hall–Kier alpha value is -2.02. The number of urea groups is 1. The van der Waals surface area contributed by atoms with Crippen molar-refractivity contribution >= 4 is 23.5 Å². The van der Waals surface area contributed by atoms with Crippen LogP contribution in [0.5, 0.6) is 0 Å². The van der Waals surface area contributed by atoms with Crippen LogP contribution in [0.3, 0.4) is 0 Å². The van der Waals surface area contributed by atoms with Gasteiger partial charge in [-0.05, 0) is 37.3 Å². The number of carbonyl (C=O) groups excluding carboxylic acids is 1. The number of rotatable bonds is 3. The van der Waals surface area contributed by atoms with Gasteiger partial charge < -0.3 is 15.2 Å². The SMILES string of the molecule is CSc1ccc(NC(=O)N2CCC[C@@H](c3ncc[nH]3)C2)cc1F. The molecule has 7 heteroatoms. The number of carbonyl (C=O) groups is 1. The van der Waals surface area contributed by atoms with Gasteiger partial charge in [-0.2, -0.15) is 0 Å². The molecule has 2 amide bonds. The van der Waals surface area contributed by atoms with Crippen LogP contribution in [0, 0.1) is 5.82 Å². The summed E-state index contributed by atoms with van der Waals surface area (Å²) in [5.41, 5.74) is 0.477. The normalized spacial score (nSPS) is 18.0. The third-order valence-corrected chi connectivity index (χ3v) is 4.79. The molecule has 0 unspecified atom stereocenters. The van der Waals surface area contributed by atoms with Gasteiger partial charge in [0, 0.05) is 42.0 Å². The molecular formula is C16H19FN4OS. The lowest BCUT2D eigenvalue weighted by Crippen LogP contribution is -2.41. The molecule has 5 nitrogen and oxygen atoms in total. The van der Waals surface area contributed by atoms with Gasteiger partial charge in [-0.15, -0.1) is 11.8 Å². The Kier molecular flexibility index (Phi) is 4.85. The van der Waals surface area contributed by atoms with Crippen LogP contribution in [0.4, 0.5) is 14.9 Å². The fraction of sp³-hybridized carbons (Fsp3) is 0.375. The average molecular weight is 334 g/mol. The average Bonchev–Trinajstić information content (AvgIpc) is 3.10. The predicted octanol–water partition coefficient (Wildman–Crippen LogP) is 3.68. The summed E-state index contributed by atoms with van der Waals surface area (Å²) < 4.78 is 13.8. The monoisotopic (exact) mass is 334 g/mol. The van der Waals surface area contributed by atoms with Crippen LogP contribution in [0.15, 0.2) is 35.5 Å². The topological polar surface area (TPSA) is 61.0 Å². The molecule has 0 bridgehead atoms. The number of aromatic amines is 1. The second-order valence-electron chi connectivity index (χ2n) is 5.54. The highest BCUT2D eigenvalue weighted by molar-refractivity contribution is 7.98. The maximum absolute atomic E-state index is 13.8. The van der Waals surface area contributed by atoms with Crippen LogP contribution in [0.25, 0.3) is 0 Å². The molecule has 1 aliphatic heterocycles. The zero-order chi connectivity index (χ0) is 16.2. The highest BCUT2D eigenvalue weighted by Gasteiger charge is 2.26. The van der Waals surface area contributed by atoms with Gasteiger partial charge in [0.25, 0.3) is 0 Å². The first-order valence-electron chi connectivity index (χ1n) is 7.56. The number of nitrogens with one attached hydrogen (secondary N) is 2. The molecule has 0 aliphatic carbocycles. The molecule has 1 aromatic carbocycles. The number of benzene rings is 1. The van der Waals surface area contributed by atoms with Crippen LogP contribution in [0.1, 0.15) is 24.6 Å². The maximum Gasteiger partial charge on any atom is 0.321 e. The number of imidazole rings is 1. The summed E-state index contributed by atoms with van der Waals surface area (Å²) in [5, 5.41) is 2.78. The Morgan fingerprint density at radius 2 is 2.39 bits per heavy atom. The second-order valence-corrected chi connectivity index (χ2v) is 6.39. The Morgan fingerprint density at radius 1 is 1.52 bits per heavy atom. The summed E-state index contributed by atoms with van der Waals surface area (Å²) in [5.74, 6) is 0.820. The number of nitrogens with zero attached hydrogens (tertiary/aromatic N) is 2. The van der Waals surface area contributed by atoms with E-state index in [-0.39, 0.29) is 17.8 Å². The van der Waals surface area contributed by atoms with E-state index in [0.717, 1.165) is 18.7 Å². The van der Waals surface area contributed by atoms with Crippen molar-refractivity contribution in [2.75, 3.05) is 24.7 Å². The molecule has 1 fully saturated rings. The molecule has 2 heterocycles. The first kappa shape index (κ1) is 15.9. The van der Waals surface area contributed by atoms with Crippen molar-refractivity contribution in [3.63, 3.8) is 0 Å². The predicted molar refractivity (Wildman–Crippen MR) is 89.3 cm³/mol. The van der Waals surface area contributed by atoms with Crippen molar-refractivity contribution in [3.05, 3.63) is 42.2 Å². The van der Waals surface area contributed by atoms with Crippen LogP contribution in [-0.4, -0.2) is 40.2 Å². The lowest BCUT2D eigenvalue weighted by atomic mass is 9.98. The van der Waals surface area contributed by atoms with Gasteiger partial charge in [0.1, 0.15) is 11.6 Å². The Bertz CT molecular complexity index is 677. The number of halogens is 1. The lowest BCUT2D eigenvalue weighted by molar-refractivity contribution is 0.191. The highest BCUT2D eigenvalue weighted by Crippen LogP contribution is 2.26. The van der Waals surface area contributed by atoms with Gasteiger partial charge in [-0.3, -0.25) is 0 Å². The van der Waals surface area contributed by atoms with Crippen molar-refractivity contribution in [1.29, 1.82) is 0 Å². The summed E-state index contributed by atoms with van der Waals surface area (Å²) in [6.07, 6.45) is 7.28. The fourth-order valence-electron chi connectivity index (χ4n) is 2.83. The van der Waals surface area contributed by atoms with Crippen molar-refractivity contribution in [1.82, 2.24) is 14.9 Å². The molecular weight excluding hydrogens is 315 g/mol. The van der Waals surface area contributed by atoms with Crippen LogP contribution in [0.2, 0.25) is 0 Å². The molecule has 2 aromatic rings. The van der Waals surface area contributed by atoms with Crippen molar-refractivity contribution in [2.24, 2.45) is 0 Å². The fourth-order valence-corrected chi connectivity index (χ4v) is 3.29. The third kappa shape index (κ3) is 3.67. The molecule has 122 valence electrons. The number of anilines is 1. The smallest absolute Gasteiger partial charge is 0.321 e. The van der Waals surface area contributed by atoms with E-state index in [1.54, 1.807) is 29.4 Å². The van der Waals surface area contributed by atoms with Crippen LogP contribution < -0.4 is 5.32 Å². The number of hydrogen-bond acceptors (Lipinski definition) is 3. The number of likely N-dealkylation sites (tertiary alicyclic amines) is 1. The van der Waals surface area contributed by atoms with Gasteiger partial charge in [0.2, 0.25) is 0 Å². The van der Waals surface area contributed by atoms with E-state index in [1.165, 1.54) is 17.8 Å². The lowest BCUT2D eigenvalue weighted by Gasteiger charge is -2.31. The first-order chi connectivity index (χ1) is 11.2. The van der Waals surface area contributed by atoms with Gasteiger partial charge in [0.05, 0.1) is 0 Å². The summed E-state index contributed by atoms with van der Waals surface area (Å²) in [6, 6.07) is 4.56. The summed E-state index contributed by atoms with van der Waals surface area (Å²) in [7, 11) is 0. The minimum atomic E-state index is -0.317. The third-order valence-electron chi connectivity index (χ3n) is 4.02. The molecule has 0 saturated carbocycles. The molecule has 0 spiro atoms. The standard InChI is InChI=1S/C16H19FN4OS/c1-23-14-5-4-12(9-13(14)17)20-16(22)21-8-2-3-11(10-21)15-18-6-7-19-15/h4-7,9,11H,2-3,8,10H2,1H3,(H,18,19)(H,20,22)/t11-/m1/s1. The van der Waals surface area contributed by atoms with Crippen molar-refractivity contribution < 1.29 is 9.18 Å². The number of thioether (sulfide) groups is 1. The van der Waals surface area contributed by atoms with Gasteiger partial charge in [-0.1, -0.05) is 0 Å². The van der Waals surface area contributed by atoms with E-state index >= 15 is 0 Å². The largest absolute Gasteiger partial charge is 0.348 e. The Balaban J connectivity index is 1.64. The van der Waals surface area contributed by atoms with E-state index in [0.29, 0.717) is 23.7 Å². The quantitative estimate of drug-likeness (QED) is 0.842. The van der Waals surface area contributed by atoms with E-state index < -0.39 is 0 Å². The molecule has 1 aliphatic rings. The first-order valence-corrected chi connectivity index (χ1v) is 8.78. The van der Waals surface area contributed by atoms with Gasteiger partial charge >= 0.3 is 6.03 Å². The number of hydrogen-bond donors (Lipinski definition) is 2. The molecule has 23 heavy (non-hydrogen) atoms. The van der Waals surface area contributed by atoms with E-state index in [4.69, 9.17) is 0 Å². The minimum Gasteiger partial charge on any atom is -0.348 e. The molecule has 2 N–H and O–H groups in total. The summed E-state index contributed by atoms with van der Waals surface area (Å²) in [4.78, 5) is 22.1. The number of aromatic nitrogens is 2. The zero-order valence-corrected chi connectivity index (χ0v) is 13.7. The molecule has 1 atom stereocenters. The number of H-pyrrole nitrogens is 1. The van der Waals surface area contributed by atoms with Crippen LogP contribution in [-0.2, 0) is 0 Å². The minimum absolute atomic E-state index is 0.197. The summed E-state index contributed by atoms with van der Waals surface area (Å²) >= 11 is 1.34. The zero-order valence-electron chi connectivity index (χ0n) is 12.9. The van der Waals surface area contributed by atoms with Gasteiger partial charge in [0.15, 0.2) is 0 Å². The van der Waals surface area contributed by atoms with Gasteiger partial charge in [-0.25, -0.2) is 14.2 Å². The van der Waals surface area contributed by atoms with E-state index in [1.807, 2.05) is 6.26 Å². The van der Waals surface area contributed by atoms with E-state index in [2.05, 4.69) is 15.3 Å². The highest BCUT2D eigenvalue weighted by atomic mass is 32.2.